The second-order valence-electron chi connectivity index (χ2n) is 3.49. The predicted molar refractivity (Wildman–Crippen MR) is 49.5 cm³/mol. The molecular weight excluding hydrogens is 204 g/mol. The Balaban J connectivity index is 2.63. The number of aryl methyl sites for hydroxylation is 1. The van der Waals surface area contributed by atoms with Crippen LogP contribution in [-0.2, 0) is 28.4 Å². The molecule has 0 spiro atoms. The van der Waals surface area contributed by atoms with Crippen LogP contribution in [0.25, 0.3) is 0 Å². The number of ketones is 1. The molecule has 0 atom stereocenters. The molecular formula is C8H10N2O3S. The topological polar surface area (TPSA) is 69.0 Å². The van der Waals surface area contributed by atoms with Gasteiger partial charge in [0.1, 0.15) is 5.69 Å². The van der Waals surface area contributed by atoms with Gasteiger partial charge in [0.15, 0.2) is 15.6 Å². The van der Waals surface area contributed by atoms with Crippen molar-refractivity contribution in [3.8, 4) is 0 Å². The summed E-state index contributed by atoms with van der Waals surface area (Å²) in [7, 11) is -1.39. The van der Waals surface area contributed by atoms with Gasteiger partial charge >= 0.3 is 0 Å². The Kier molecular flexibility index (Phi) is 1.79. The van der Waals surface area contributed by atoms with Crippen LogP contribution in [-0.4, -0.2) is 24.0 Å². The fourth-order valence-electron chi connectivity index (χ4n) is 1.70. The minimum absolute atomic E-state index is 0.000880. The number of carbonyl (C=O) groups excluding carboxylic acids is 1. The van der Waals surface area contributed by atoms with E-state index in [9.17, 15) is 13.2 Å². The summed E-state index contributed by atoms with van der Waals surface area (Å²) < 4.78 is 24.1. The molecule has 2 rings (SSSR count). The van der Waals surface area contributed by atoms with Gasteiger partial charge in [0.2, 0.25) is 0 Å². The van der Waals surface area contributed by atoms with E-state index < -0.39 is 9.84 Å². The van der Waals surface area contributed by atoms with Crippen LogP contribution in [0.4, 0.5) is 0 Å². The number of hydrogen-bond donors (Lipinski definition) is 0. The summed E-state index contributed by atoms with van der Waals surface area (Å²) >= 11 is 0. The molecule has 14 heavy (non-hydrogen) atoms. The van der Waals surface area contributed by atoms with E-state index in [1.165, 1.54) is 11.6 Å². The van der Waals surface area contributed by atoms with Crippen molar-refractivity contribution in [1.29, 1.82) is 0 Å². The van der Waals surface area contributed by atoms with E-state index in [4.69, 9.17) is 0 Å². The summed E-state index contributed by atoms with van der Waals surface area (Å²) in [5.74, 6) is -0.233. The molecule has 0 saturated heterocycles. The molecule has 0 aliphatic carbocycles. The molecule has 76 valence electrons. The van der Waals surface area contributed by atoms with Crippen LogP contribution in [0.5, 0.6) is 0 Å². The second-order valence-corrected chi connectivity index (χ2v) is 5.55. The number of rotatable bonds is 1. The summed E-state index contributed by atoms with van der Waals surface area (Å²) in [4.78, 5) is 11.2. The Morgan fingerprint density at radius 1 is 1.43 bits per heavy atom. The lowest BCUT2D eigenvalue weighted by atomic mass is 10.2. The first-order valence-corrected chi connectivity index (χ1v) is 5.99. The molecule has 0 unspecified atom stereocenters. The van der Waals surface area contributed by atoms with Gasteiger partial charge in [0.25, 0.3) is 0 Å². The number of Topliss-reactive ketones (excluding diaryl/α,β-unsaturated/α-hetero) is 1. The lowest BCUT2D eigenvalue weighted by molar-refractivity contribution is 0.101. The highest BCUT2D eigenvalue weighted by Gasteiger charge is 2.32. The van der Waals surface area contributed by atoms with Crippen LogP contribution in [0.15, 0.2) is 0 Å². The number of fused-ring (bicyclic) bond motifs is 1. The van der Waals surface area contributed by atoms with E-state index in [-0.39, 0.29) is 17.3 Å². The van der Waals surface area contributed by atoms with E-state index in [0.717, 1.165) is 0 Å². The van der Waals surface area contributed by atoms with Gasteiger partial charge in [0.05, 0.1) is 17.2 Å². The number of carbonyl (C=O) groups is 1. The lowest BCUT2D eigenvalue weighted by Gasteiger charge is -1.94. The van der Waals surface area contributed by atoms with E-state index in [0.29, 0.717) is 17.0 Å². The average molecular weight is 214 g/mol. The molecule has 5 nitrogen and oxygen atoms in total. The number of sulfone groups is 1. The van der Waals surface area contributed by atoms with Gasteiger partial charge in [-0.05, 0) is 0 Å². The predicted octanol–water partition coefficient (Wildman–Crippen LogP) is 0.0511. The van der Waals surface area contributed by atoms with Crippen LogP contribution in [0.1, 0.15) is 28.7 Å². The second kappa shape index (κ2) is 2.66. The first-order chi connectivity index (χ1) is 6.41. The fourth-order valence-corrected chi connectivity index (χ4v) is 3.32. The van der Waals surface area contributed by atoms with Gasteiger partial charge < -0.3 is 0 Å². The van der Waals surface area contributed by atoms with Crippen LogP contribution in [0, 0.1) is 0 Å². The highest BCUT2D eigenvalue weighted by atomic mass is 32.2. The van der Waals surface area contributed by atoms with E-state index in [1.807, 2.05) is 0 Å². The van der Waals surface area contributed by atoms with Crippen LogP contribution < -0.4 is 0 Å². The van der Waals surface area contributed by atoms with Crippen molar-refractivity contribution >= 4 is 15.6 Å². The standard InChI is InChI=1S/C8H10N2O3S/c1-5(11)8-6-3-14(12,13)4-7(6)10(2)9-8/h3-4H2,1-2H3. The molecule has 1 aliphatic rings. The lowest BCUT2D eigenvalue weighted by Crippen LogP contribution is -2.05. The van der Waals surface area contributed by atoms with Crippen molar-refractivity contribution in [2.24, 2.45) is 7.05 Å². The highest BCUT2D eigenvalue weighted by molar-refractivity contribution is 7.90. The fraction of sp³-hybridized carbons (Fsp3) is 0.500. The monoisotopic (exact) mass is 214 g/mol. The molecule has 0 N–H and O–H groups in total. The third-order valence-electron chi connectivity index (χ3n) is 2.33. The molecule has 0 amide bonds. The maximum absolute atomic E-state index is 11.3. The molecule has 0 fully saturated rings. The minimum atomic E-state index is -3.05. The maximum Gasteiger partial charge on any atom is 0.180 e. The Labute approximate surface area is 81.6 Å². The normalized spacial score (nSPS) is 18.1. The van der Waals surface area contributed by atoms with E-state index in [2.05, 4.69) is 5.10 Å². The summed E-state index contributed by atoms with van der Waals surface area (Å²) in [5.41, 5.74) is 1.53. The average Bonchev–Trinajstić information content (AvgIpc) is 2.47. The SMILES string of the molecule is CC(=O)c1nn(C)c2c1CS(=O)(=O)C2. The largest absolute Gasteiger partial charge is 0.293 e. The summed E-state index contributed by atoms with van der Waals surface area (Å²) in [6.07, 6.45) is 0. The highest BCUT2D eigenvalue weighted by Crippen LogP contribution is 2.27. The Morgan fingerprint density at radius 2 is 2.07 bits per heavy atom. The molecule has 0 radical (unpaired) electrons. The van der Waals surface area contributed by atoms with E-state index >= 15 is 0 Å². The van der Waals surface area contributed by atoms with Crippen LogP contribution in [0.3, 0.4) is 0 Å². The molecule has 2 heterocycles. The van der Waals surface area contributed by atoms with Gasteiger partial charge in [-0.25, -0.2) is 8.42 Å². The zero-order chi connectivity index (χ0) is 10.5. The number of aromatic nitrogens is 2. The molecule has 1 aliphatic heterocycles. The van der Waals surface area contributed by atoms with Crippen molar-refractivity contribution in [3.63, 3.8) is 0 Å². The summed E-state index contributed by atoms with van der Waals surface area (Å²) in [6.45, 7) is 1.40. The smallest absolute Gasteiger partial charge is 0.180 e. The minimum Gasteiger partial charge on any atom is -0.293 e. The van der Waals surface area contributed by atoms with E-state index in [1.54, 1.807) is 7.05 Å². The van der Waals surface area contributed by atoms with Crippen LogP contribution >= 0.6 is 0 Å². The number of hydrogen-bond acceptors (Lipinski definition) is 4. The van der Waals surface area contributed by atoms with Crippen molar-refractivity contribution in [2.45, 2.75) is 18.4 Å². The Morgan fingerprint density at radius 3 is 2.64 bits per heavy atom. The van der Waals surface area contributed by atoms with Gasteiger partial charge in [-0.15, -0.1) is 0 Å². The summed E-state index contributed by atoms with van der Waals surface area (Å²) in [5, 5.41) is 4.00. The molecule has 6 heteroatoms. The number of nitrogens with zero attached hydrogens (tertiary/aromatic N) is 2. The first kappa shape index (κ1) is 9.39. The maximum atomic E-state index is 11.3. The Bertz CT molecular complexity index is 513. The third-order valence-corrected chi connectivity index (χ3v) is 3.77. The van der Waals surface area contributed by atoms with Gasteiger partial charge in [-0.2, -0.15) is 5.10 Å². The Hall–Kier alpha value is -1.17. The third kappa shape index (κ3) is 1.26. The van der Waals surface area contributed by atoms with Gasteiger partial charge in [0, 0.05) is 19.5 Å². The molecule has 1 aromatic rings. The molecule has 0 aromatic carbocycles. The molecule has 0 bridgehead atoms. The van der Waals surface area contributed by atoms with Crippen LogP contribution in [0.2, 0.25) is 0 Å². The molecule has 0 saturated carbocycles. The van der Waals surface area contributed by atoms with Gasteiger partial charge in [-0.3, -0.25) is 9.48 Å². The molecule has 1 aromatic heterocycles. The van der Waals surface area contributed by atoms with Crippen molar-refractivity contribution < 1.29 is 13.2 Å². The zero-order valence-electron chi connectivity index (χ0n) is 7.94. The quantitative estimate of drug-likeness (QED) is 0.619. The van der Waals surface area contributed by atoms with Crippen molar-refractivity contribution in [1.82, 2.24) is 9.78 Å². The van der Waals surface area contributed by atoms with Crippen molar-refractivity contribution in [2.75, 3.05) is 0 Å². The zero-order valence-corrected chi connectivity index (χ0v) is 8.76. The van der Waals surface area contributed by atoms with Gasteiger partial charge in [-0.1, -0.05) is 0 Å². The first-order valence-electron chi connectivity index (χ1n) is 4.17. The summed E-state index contributed by atoms with van der Waals surface area (Å²) in [6, 6.07) is 0. The van der Waals surface area contributed by atoms with Crippen molar-refractivity contribution in [3.05, 3.63) is 17.0 Å².